The van der Waals surface area contributed by atoms with E-state index < -0.39 is 10.9 Å². The first-order valence-electron chi connectivity index (χ1n) is 6.05. The SMILES string of the molecule is CC(C)CCN(C)c1ccc([N+](=O)[O-])c(C(=O)O)c1. The summed E-state index contributed by atoms with van der Waals surface area (Å²) in [5.74, 6) is -0.745. The Bertz CT molecular complexity index is 486. The quantitative estimate of drug-likeness (QED) is 0.632. The first-order valence-corrected chi connectivity index (χ1v) is 6.05. The highest BCUT2D eigenvalue weighted by Crippen LogP contribution is 2.24. The van der Waals surface area contributed by atoms with E-state index in [0.29, 0.717) is 11.6 Å². The number of carbonyl (C=O) groups is 1. The molecule has 0 amide bonds. The molecule has 0 aliphatic heterocycles. The summed E-state index contributed by atoms with van der Waals surface area (Å²) < 4.78 is 0. The molecule has 0 radical (unpaired) electrons. The van der Waals surface area contributed by atoms with E-state index in [4.69, 9.17) is 5.11 Å². The van der Waals surface area contributed by atoms with E-state index in [1.165, 1.54) is 12.1 Å². The summed E-state index contributed by atoms with van der Waals surface area (Å²) in [4.78, 5) is 23.0. The minimum absolute atomic E-state index is 0.279. The Kier molecular flexibility index (Phi) is 4.86. The Morgan fingerprint density at radius 2 is 2.11 bits per heavy atom. The first-order chi connectivity index (χ1) is 8.82. The summed E-state index contributed by atoms with van der Waals surface area (Å²) >= 11 is 0. The van der Waals surface area contributed by atoms with Crippen molar-refractivity contribution in [2.24, 2.45) is 5.92 Å². The molecule has 0 spiro atoms. The van der Waals surface area contributed by atoms with Crippen molar-refractivity contribution >= 4 is 17.3 Å². The van der Waals surface area contributed by atoms with Gasteiger partial charge in [-0.15, -0.1) is 0 Å². The van der Waals surface area contributed by atoms with Gasteiger partial charge in [-0.25, -0.2) is 4.79 Å². The zero-order valence-electron chi connectivity index (χ0n) is 11.3. The van der Waals surface area contributed by atoms with Gasteiger partial charge in [0, 0.05) is 25.3 Å². The molecule has 104 valence electrons. The Morgan fingerprint density at radius 3 is 2.58 bits per heavy atom. The number of nitro groups is 1. The standard InChI is InChI=1S/C13H18N2O4/c1-9(2)6-7-14(3)10-4-5-12(15(18)19)11(8-10)13(16)17/h4-5,8-9H,6-7H2,1-3H3,(H,16,17). The summed E-state index contributed by atoms with van der Waals surface area (Å²) in [5, 5.41) is 19.8. The fourth-order valence-electron chi connectivity index (χ4n) is 1.67. The summed E-state index contributed by atoms with van der Waals surface area (Å²) in [5.41, 5.74) is 0.0102. The fraction of sp³-hybridized carbons (Fsp3) is 0.462. The van der Waals surface area contributed by atoms with E-state index in [-0.39, 0.29) is 11.3 Å². The number of benzene rings is 1. The monoisotopic (exact) mass is 266 g/mol. The molecule has 1 rings (SSSR count). The van der Waals surface area contributed by atoms with Crippen LogP contribution in [0.2, 0.25) is 0 Å². The summed E-state index contributed by atoms with van der Waals surface area (Å²) in [6.45, 7) is 4.98. The topological polar surface area (TPSA) is 83.7 Å². The fourth-order valence-corrected chi connectivity index (χ4v) is 1.67. The third-order valence-corrected chi connectivity index (χ3v) is 2.89. The Morgan fingerprint density at radius 1 is 1.47 bits per heavy atom. The van der Waals surface area contributed by atoms with Crippen molar-refractivity contribution in [3.05, 3.63) is 33.9 Å². The number of hydrogen-bond donors (Lipinski definition) is 1. The van der Waals surface area contributed by atoms with Crippen molar-refractivity contribution in [2.45, 2.75) is 20.3 Å². The van der Waals surface area contributed by atoms with Crippen molar-refractivity contribution in [1.82, 2.24) is 0 Å². The van der Waals surface area contributed by atoms with E-state index in [0.717, 1.165) is 13.0 Å². The minimum atomic E-state index is -1.29. The molecule has 1 N–H and O–H groups in total. The molecule has 6 heteroatoms. The molecule has 0 bridgehead atoms. The molecule has 0 aromatic heterocycles. The highest BCUT2D eigenvalue weighted by Gasteiger charge is 2.20. The van der Waals surface area contributed by atoms with E-state index in [2.05, 4.69) is 13.8 Å². The van der Waals surface area contributed by atoms with Crippen LogP contribution in [0.15, 0.2) is 18.2 Å². The predicted molar refractivity (Wildman–Crippen MR) is 72.8 cm³/mol. The van der Waals surface area contributed by atoms with Crippen molar-refractivity contribution in [3.8, 4) is 0 Å². The molecule has 0 saturated carbocycles. The average molecular weight is 266 g/mol. The Balaban J connectivity index is 3.01. The molecule has 0 aliphatic rings. The van der Waals surface area contributed by atoms with Crippen LogP contribution in [0, 0.1) is 16.0 Å². The van der Waals surface area contributed by atoms with Crippen LogP contribution in [-0.2, 0) is 0 Å². The lowest BCUT2D eigenvalue weighted by Crippen LogP contribution is -2.20. The van der Waals surface area contributed by atoms with Crippen LogP contribution in [0.5, 0.6) is 0 Å². The van der Waals surface area contributed by atoms with Gasteiger partial charge in [0.25, 0.3) is 5.69 Å². The smallest absolute Gasteiger partial charge is 0.342 e. The van der Waals surface area contributed by atoms with Crippen LogP contribution >= 0.6 is 0 Å². The molecule has 19 heavy (non-hydrogen) atoms. The molecule has 0 heterocycles. The molecule has 0 unspecified atom stereocenters. The minimum Gasteiger partial charge on any atom is -0.477 e. The Hall–Kier alpha value is -2.11. The number of nitrogens with zero attached hydrogens (tertiary/aromatic N) is 2. The van der Waals surface area contributed by atoms with Gasteiger partial charge in [-0.05, 0) is 24.5 Å². The third kappa shape index (κ3) is 3.94. The number of carboxylic acids is 1. The molecular formula is C13H18N2O4. The van der Waals surface area contributed by atoms with Crippen LogP contribution < -0.4 is 4.90 Å². The van der Waals surface area contributed by atoms with Gasteiger partial charge in [0.15, 0.2) is 0 Å². The number of carboxylic acid groups (broad SMARTS) is 1. The second-order valence-corrected chi connectivity index (χ2v) is 4.87. The normalized spacial score (nSPS) is 10.5. The zero-order valence-corrected chi connectivity index (χ0v) is 11.3. The largest absolute Gasteiger partial charge is 0.477 e. The van der Waals surface area contributed by atoms with Crippen LogP contribution in [0.4, 0.5) is 11.4 Å². The molecule has 0 saturated heterocycles. The molecule has 1 aromatic rings. The van der Waals surface area contributed by atoms with Gasteiger partial charge >= 0.3 is 5.97 Å². The molecule has 0 fully saturated rings. The predicted octanol–water partition coefficient (Wildman–Crippen LogP) is 2.78. The van der Waals surface area contributed by atoms with Crippen LogP contribution in [0.1, 0.15) is 30.6 Å². The lowest BCUT2D eigenvalue weighted by atomic mass is 10.1. The molecule has 0 atom stereocenters. The second kappa shape index (κ2) is 6.17. The average Bonchev–Trinajstić information content (AvgIpc) is 2.34. The van der Waals surface area contributed by atoms with Gasteiger partial charge in [-0.1, -0.05) is 13.8 Å². The van der Waals surface area contributed by atoms with Crippen molar-refractivity contribution in [1.29, 1.82) is 0 Å². The summed E-state index contributed by atoms with van der Waals surface area (Å²) in [6, 6.07) is 4.16. The highest BCUT2D eigenvalue weighted by atomic mass is 16.6. The van der Waals surface area contributed by atoms with Crippen molar-refractivity contribution < 1.29 is 14.8 Å². The summed E-state index contributed by atoms with van der Waals surface area (Å²) in [6.07, 6.45) is 0.968. The van der Waals surface area contributed by atoms with Crippen LogP contribution in [-0.4, -0.2) is 29.6 Å². The highest BCUT2D eigenvalue weighted by molar-refractivity contribution is 5.93. The van der Waals surface area contributed by atoms with Gasteiger partial charge in [-0.2, -0.15) is 0 Å². The molecule has 6 nitrogen and oxygen atoms in total. The molecule has 1 aromatic carbocycles. The van der Waals surface area contributed by atoms with Gasteiger partial charge in [0.05, 0.1) is 4.92 Å². The maximum absolute atomic E-state index is 11.0. The molecular weight excluding hydrogens is 248 g/mol. The lowest BCUT2D eigenvalue weighted by Gasteiger charge is -2.20. The lowest BCUT2D eigenvalue weighted by molar-refractivity contribution is -0.385. The number of aromatic carboxylic acids is 1. The number of hydrogen-bond acceptors (Lipinski definition) is 4. The molecule has 0 aliphatic carbocycles. The maximum atomic E-state index is 11.0. The van der Waals surface area contributed by atoms with Crippen LogP contribution in [0.25, 0.3) is 0 Å². The zero-order chi connectivity index (χ0) is 14.6. The van der Waals surface area contributed by atoms with E-state index >= 15 is 0 Å². The first kappa shape index (κ1) is 14.9. The van der Waals surface area contributed by atoms with E-state index in [1.807, 2.05) is 11.9 Å². The van der Waals surface area contributed by atoms with Gasteiger partial charge in [-0.3, -0.25) is 10.1 Å². The van der Waals surface area contributed by atoms with E-state index in [1.54, 1.807) is 6.07 Å². The van der Waals surface area contributed by atoms with Crippen molar-refractivity contribution in [3.63, 3.8) is 0 Å². The Labute approximate surface area is 111 Å². The van der Waals surface area contributed by atoms with Gasteiger partial charge in [0.2, 0.25) is 0 Å². The second-order valence-electron chi connectivity index (χ2n) is 4.87. The number of nitro benzene ring substituents is 1. The van der Waals surface area contributed by atoms with E-state index in [9.17, 15) is 14.9 Å². The third-order valence-electron chi connectivity index (χ3n) is 2.89. The summed E-state index contributed by atoms with van der Waals surface area (Å²) in [7, 11) is 1.84. The number of anilines is 1. The van der Waals surface area contributed by atoms with Gasteiger partial charge in [0.1, 0.15) is 5.56 Å². The van der Waals surface area contributed by atoms with Crippen LogP contribution in [0.3, 0.4) is 0 Å². The maximum Gasteiger partial charge on any atom is 0.342 e. The number of rotatable bonds is 6. The van der Waals surface area contributed by atoms with Crippen molar-refractivity contribution in [2.75, 3.05) is 18.5 Å². The van der Waals surface area contributed by atoms with Gasteiger partial charge < -0.3 is 10.0 Å².